The quantitative estimate of drug-likeness (QED) is 0.742. The first kappa shape index (κ1) is 14.6. The number of thioether (sulfide) groups is 1. The maximum Gasteiger partial charge on any atom is 0.124 e. The summed E-state index contributed by atoms with van der Waals surface area (Å²) in [5, 5.41) is 5.65. The van der Waals surface area contributed by atoms with Crippen molar-refractivity contribution in [3.63, 3.8) is 0 Å². The molecule has 102 valence electrons. The Bertz CT molecular complexity index is 485. The first-order valence-corrected chi connectivity index (χ1v) is 8.31. The van der Waals surface area contributed by atoms with Crippen LogP contribution in [0.2, 0.25) is 0 Å². The summed E-state index contributed by atoms with van der Waals surface area (Å²) in [4.78, 5) is 2.33. The Hall–Kier alpha value is -0.840. The minimum Gasteiger partial charge on any atom is -0.309 e. The molecular formula is C15H18FNS2. The minimum atomic E-state index is -0.167. The molecule has 0 aliphatic rings. The SMILES string of the molecule is CCCNC(CSc1cccc(F)c1)c1cccs1. The Kier molecular flexibility index (Phi) is 5.89. The molecule has 1 N–H and O–H groups in total. The molecule has 0 saturated heterocycles. The lowest BCUT2D eigenvalue weighted by Gasteiger charge is -2.16. The summed E-state index contributed by atoms with van der Waals surface area (Å²) < 4.78 is 13.1. The molecule has 1 atom stereocenters. The number of benzene rings is 1. The summed E-state index contributed by atoms with van der Waals surface area (Å²) >= 11 is 3.47. The second-order valence-corrected chi connectivity index (χ2v) is 6.36. The van der Waals surface area contributed by atoms with Gasteiger partial charge in [0.25, 0.3) is 0 Å². The zero-order valence-electron chi connectivity index (χ0n) is 10.9. The van der Waals surface area contributed by atoms with Gasteiger partial charge < -0.3 is 5.32 Å². The fraction of sp³-hybridized carbons (Fsp3) is 0.333. The van der Waals surface area contributed by atoms with Gasteiger partial charge in [0.15, 0.2) is 0 Å². The molecule has 0 aliphatic carbocycles. The second-order valence-electron chi connectivity index (χ2n) is 4.29. The van der Waals surface area contributed by atoms with Crippen LogP contribution in [0.15, 0.2) is 46.7 Å². The van der Waals surface area contributed by atoms with Crippen molar-refractivity contribution in [2.24, 2.45) is 0 Å². The highest BCUT2D eigenvalue weighted by Gasteiger charge is 2.12. The summed E-state index contributed by atoms with van der Waals surface area (Å²) in [6, 6.07) is 11.4. The zero-order valence-corrected chi connectivity index (χ0v) is 12.6. The molecule has 1 heterocycles. The van der Waals surface area contributed by atoms with Crippen LogP contribution in [0.4, 0.5) is 4.39 Å². The van der Waals surface area contributed by atoms with E-state index in [2.05, 4.69) is 29.8 Å². The average Bonchev–Trinajstić information content (AvgIpc) is 2.93. The monoisotopic (exact) mass is 295 g/mol. The van der Waals surface area contributed by atoms with E-state index in [0.29, 0.717) is 6.04 Å². The summed E-state index contributed by atoms with van der Waals surface area (Å²) in [5.41, 5.74) is 0. The molecule has 2 rings (SSSR count). The van der Waals surface area contributed by atoms with Crippen molar-refractivity contribution in [1.82, 2.24) is 5.32 Å². The molecule has 0 bridgehead atoms. The molecular weight excluding hydrogens is 277 g/mol. The lowest BCUT2D eigenvalue weighted by Crippen LogP contribution is -2.23. The molecule has 0 amide bonds. The fourth-order valence-electron chi connectivity index (χ4n) is 1.79. The van der Waals surface area contributed by atoms with Crippen molar-refractivity contribution in [1.29, 1.82) is 0 Å². The van der Waals surface area contributed by atoms with Crippen molar-refractivity contribution in [3.8, 4) is 0 Å². The Balaban J connectivity index is 1.96. The van der Waals surface area contributed by atoms with E-state index in [1.807, 2.05) is 6.07 Å². The van der Waals surface area contributed by atoms with Crippen molar-refractivity contribution in [2.45, 2.75) is 24.3 Å². The van der Waals surface area contributed by atoms with Gasteiger partial charge in [-0.15, -0.1) is 23.1 Å². The number of rotatable bonds is 7. The molecule has 1 nitrogen and oxygen atoms in total. The van der Waals surface area contributed by atoms with E-state index in [4.69, 9.17) is 0 Å². The first-order valence-electron chi connectivity index (χ1n) is 6.44. The molecule has 0 aliphatic heterocycles. The number of thiophene rings is 1. The third kappa shape index (κ3) is 4.64. The number of halogens is 1. The highest BCUT2D eigenvalue weighted by atomic mass is 32.2. The first-order chi connectivity index (χ1) is 9.29. The van der Waals surface area contributed by atoms with E-state index >= 15 is 0 Å². The maximum absolute atomic E-state index is 13.1. The Morgan fingerprint density at radius 2 is 2.21 bits per heavy atom. The van der Waals surface area contributed by atoms with Gasteiger partial charge in [-0.2, -0.15) is 0 Å². The molecule has 1 aromatic carbocycles. The van der Waals surface area contributed by atoms with Gasteiger partial charge in [-0.25, -0.2) is 4.39 Å². The van der Waals surface area contributed by atoms with Crippen LogP contribution in [0.25, 0.3) is 0 Å². The van der Waals surface area contributed by atoms with Gasteiger partial charge in [0.2, 0.25) is 0 Å². The van der Waals surface area contributed by atoms with E-state index in [-0.39, 0.29) is 5.82 Å². The van der Waals surface area contributed by atoms with E-state index in [0.717, 1.165) is 23.6 Å². The average molecular weight is 295 g/mol. The number of nitrogens with one attached hydrogen (secondary N) is 1. The normalized spacial score (nSPS) is 12.5. The smallest absolute Gasteiger partial charge is 0.124 e. The van der Waals surface area contributed by atoms with Crippen LogP contribution in [0, 0.1) is 5.82 Å². The summed E-state index contributed by atoms with van der Waals surface area (Å²) in [5.74, 6) is 0.753. The highest BCUT2D eigenvalue weighted by Crippen LogP contribution is 2.27. The third-order valence-electron chi connectivity index (χ3n) is 2.74. The van der Waals surface area contributed by atoms with Crippen LogP contribution in [0.1, 0.15) is 24.3 Å². The van der Waals surface area contributed by atoms with E-state index < -0.39 is 0 Å². The lowest BCUT2D eigenvalue weighted by atomic mass is 10.2. The van der Waals surface area contributed by atoms with E-state index in [1.165, 1.54) is 10.9 Å². The van der Waals surface area contributed by atoms with Crippen LogP contribution < -0.4 is 5.32 Å². The maximum atomic E-state index is 13.1. The molecule has 0 spiro atoms. The van der Waals surface area contributed by atoms with E-state index in [1.54, 1.807) is 35.2 Å². The molecule has 2 aromatic rings. The summed E-state index contributed by atoms with van der Waals surface area (Å²) in [7, 11) is 0. The van der Waals surface area contributed by atoms with Crippen LogP contribution in [0.5, 0.6) is 0 Å². The van der Waals surface area contributed by atoms with Gasteiger partial charge in [-0.3, -0.25) is 0 Å². The Morgan fingerprint density at radius 1 is 1.32 bits per heavy atom. The van der Waals surface area contributed by atoms with Crippen LogP contribution >= 0.6 is 23.1 Å². The van der Waals surface area contributed by atoms with Gasteiger partial charge in [-0.1, -0.05) is 19.1 Å². The zero-order chi connectivity index (χ0) is 13.5. The van der Waals surface area contributed by atoms with Crippen molar-refractivity contribution < 1.29 is 4.39 Å². The fourth-order valence-corrected chi connectivity index (χ4v) is 3.72. The largest absolute Gasteiger partial charge is 0.309 e. The molecule has 0 radical (unpaired) electrons. The number of hydrogen-bond acceptors (Lipinski definition) is 3. The molecule has 1 aromatic heterocycles. The van der Waals surface area contributed by atoms with Crippen LogP contribution in [-0.2, 0) is 0 Å². The summed E-state index contributed by atoms with van der Waals surface area (Å²) in [6.45, 7) is 3.17. The van der Waals surface area contributed by atoms with Crippen LogP contribution in [0.3, 0.4) is 0 Å². The van der Waals surface area contributed by atoms with Crippen molar-refractivity contribution in [3.05, 3.63) is 52.5 Å². The molecule has 4 heteroatoms. The number of hydrogen-bond donors (Lipinski definition) is 1. The standard InChI is InChI=1S/C15H18FNS2/c1-2-8-17-14(15-7-4-9-18-15)11-19-13-6-3-5-12(16)10-13/h3-7,9-10,14,17H,2,8,11H2,1H3. The molecule has 0 fully saturated rings. The predicted octanol–water partition coefficient (Wildman–Crippen LogP) is 4.72. The Labute approximate surface area is 122 Å². The van der Waals surface area contributed by atoms with Crippen LogP contribution in [-0.4, -0.2) is 12.3 Å². The van der Waals surface area contributed by atoms with Crippen molar-refractivity contribution in [2.75, 3.05) is 12.3 Å². The molecule has 0 saturated carbocycles. The predicted molar refractivity (Wildman–Crippen MR) is 82.5 cm³/mol. The second kappa shape index (κ2) is 7.68. The lowest BCUT2D eigenvalue weighted by molar-refractivity contribution is 0.585. The van der Waals surface area contributed by atoms with E-state index in [9.17, 15) is 4.39 Å². The van der Waals surface area contributed by atoms with Gasteiger partial charge in [0, 0.05) is 15.5 Å². The van der Waals surface area contributed by atoms with Gasteiger partial charge in [0.1, 0.15) is 5.82 Å². The van der Waals surface area contributed by atoms with Crippen molar-refractivity contribution >= 4 is 23.1 Å². The molecule has 19 heavy (non-hydrogen) atoms. The summed E-state index contributed by atoms with van der Waals surface area (Å²) in [6.07, 6.45) is 1.12. The molecule has 1 unspecified atom stereocenters. The minimum absolute atomic E-state index is 0.167. The van der Waals surface area contributed by atoms with Gasteiger partial charge in [-0.05, 0) is 42.6 Å². The van der Waals surface area contributed by atoms with Gasteiger partial charge >= 0.3 is 0 Å². The highest BCUT2D eigenvalue weighted by molar-refractivity contribution is 7.99. The van der Waals surface area contributed by atoms with Gasteiger partial charge in [0.05, 0.1) is 6.04 Å². The topological polar surface area (TPSA) is 12.0 Å². The Morgan fingerprint density at radius 3 is 2.89 bits per heavy atom. The third-order valence-corrected chi connectivity index (χ3v) is 4.81.